The SMILES string of the molecule is Cn1nc2c(c1N)C1CCC(C2)N1. The number of nitrogens with two attached hydrogens (primary N) is 1. The highest BCUT2D eigenvalue weighted by Crippen LogP contribution is 2.38. The highest BCUT2D eigenvalue weighted by molar-refractivity contribution is 5.48. The van der Waals surface area contributed by atoms with Gasteiger partial charge in [0, 0.05) is 31.1 Å². The normalized spacial score (nSPS) is 30.5. The molecule has 0 aliphatic carbocycles. The van der Waals surface area contributed by atoms with E-state index in [-0.39, 0.29) is 0 Å². The standard InChI is InChI=1S/C9H14N4/c1-13-9(10)8-6-3-2-5(11-6)4-7(8)12-13/h5-6,11H,2-4,10H2,1H3. The average molecular weight is 178 g/mol. The number of nitrogens with zero attached hydrogens (tertiary/aromatic N) is 2. The molecule has 3 N–H and O–H groups in total. The second-order valence-electron chi connectivity index (χ2n) is 4.07. The molecule has 0 spiro atoms. The van der Waals surface area contributed by atoms with Gasteiger partial charge in [0.05, 0.1) is 5.69 Å². The molecule has 3 rings (SSSR count). The highest BCUT2D eigenvalue weighted by Gasteiger charge is 2.35. The number of aryl methyl sites for hydroxylation is 1. The first kappa shape index (κ1) is 7.38. The summed E-state index contributed by atoms with van der Waals surface area (Å²) in [6.07, 6.45) is 3.54. The molecule has 70 valence electrons. The van der Waals surface area contributed by atoms with Crippen LogP contribution >= 0.6 is 0 Å². The van der Waals surface area contributed by atoms with Crippen LogP contribution in [0.25, 0.3) is 0 Å². The summed E-state index contributed by atoms with van der Waals surface area (Å²) >= 11 is 0. The van der Waals surface area contributed by atoms with E-state index in [9.17, 15) is 0 Å². The number of anilines is 1. The van der Waals surface area contributed by atoms with E-state index in [0.29, 0.717) is 12.1 Å². The summed E-state index contributed by atoms with van der Waals surface area (Å²) in [7, 11) is 1.92. The van der Waals surface area contributed by atoms with Crippen molar-refractivity contribution in [3.63, 3.8) is 0 Å². The third-order valence-electron chi connectivity index (χ3n) is 3.24. The predicted octanol–water partition coefficient (Wildman–Crippen LogP) is 0.351. The summed E-state index contributed by atoms with van der Waals surface area (Å²) in [4.78, 5) is 0. The molecule has 0 saturated carbocycles. The van der Waals surface area contributed by atoms with Crippen molar-refractivity contribution >= 4 is 5.82 Å². The molecule has 0 amide bonds. The number of fused-ring (bicyclic) bond motifs is 4. The average Bonchev–Trinajstić information content (AvgIpc) is 2.59. The van der Waals surface area contributed by atoms with E-state index in [1.807, 2.05) is 7.05 Å². The Morgan fingerprint density at radius 1 is 1.54 bits per heavy atom. The molecule has 1 aromatic heterocycles. The molecule has 3 heterocycles. The molecule has 13 heavy (non-hydrogen) atoms. The Bertz CT molecular complexity index is 355. The fraction of sp³-hybridized carbons (Fsp3) is 0.667. The smallest absolute Gasteiger partial charge is 0.126 e. The third-order valence-corrected chi connectivity index (χ3v) is 3.24. The van der Waals surface area contributed by atoms with Crippen molar-refractivity contribution < 1.29 is 0 Å². The Kier molecular flexibility index (Phi) is 1.28. The number of nitrogen functional groups attached to an aromatic ring is 1. The fourth-order valence-electron chi connectivity index (χ4n) is 2.58. The Hall–Kier alpha value is -1.03. The van der Waals surface area contributed by atoms with Crippen molar-refractivity contribution in [1.29, 1.82) is 0 Å². The first-order valence-corrected chi connectivity index (χ1v) is 4.83. The molecule has 0 radical (unpaired) electrons. The molecule has 2 unspecified atom stereocenters. The van der Waals surface area contributed by atoms with Crippen molar-refractivity contribution in [3.8, 4) is 0 Å². The molecule has 2 aliphatic heterocycles. The van der Waals surface area contributed by atoms with Crippen LogP contribution in [-0.4, -0.2) is 15.8 Å². The minimum atomic E-state index is 0.474. The van der Waals surface area contributed by atoms with Gasteiger partial charge in [-0.2, -0.15) is 5.10 Å². The molecule has 4 nitrogen and oxygen atoms in total. The summed E-state index contributed by atoms with van der Waals surface area (Å²) < 4.78 is 1.80. The topological polar surface area (TPSA) is 55.9 Å². The molecule has 2 bridgehead atoms. The van der Waals surface area contributed by atoms with E-state index >= 15 is 0 Å². The van der Waals surface area contributed by atoms with Crippen LogP contribution in [0.4, 0.5) is 5.82 Å². The van der Waals surface area contributed by atoms with Gasteiger partial charge in [0.25, 0.3) is 0 Å². The summed E-state index contributed by atoms with van der Waals surface area (Å²) in [6.45, 7) is 0. The van der Waals surface area contributed by atoms with Crippen LogP contribution in [0.5, 0.6) is 0 Å². The Morgan fingerprint density at radius 3 is 3.23 bits per heavy atom. The van der Waals surface area contributed by atoms with Crippen LogP contribution in [0.2, 0.25) is 0 Å². The molecular formula is C9H14N4. The van der Waals surface area contributed by atoms with Crippen LogP contribution in [0.3, 0.4) is 0 Å². The molecule has 2 aliphatic rings. The summed E-state index contributed by atoms with van der Waals surface area (Å²) in [5.41, 5.74) is 8.44. The lowest BCUT2D eigenvalue weighted by atomic mass is 10.0. The van der Waals surface area contributed by atoms with Crippen molar-refractivity contribution in [3.05, 3.63) is 11.3 Å². The Morgan fingerprint density at radius 2 is 2.38 bits per heavy atom. The lowest BCUT2D eigenvalue weighted by Gasteiger charge is -2.20. The largest absolute Gasteiger partial charge is 0.384 e. The van der Waals surface area contributed by atoms with Crippen LogP contribution in [-0.2, 0) is 13.5 Å². The minimum Gasteiger partial charge on any atom is -0.384 e. The Balaban J connectivity index is 2.17. The van der Waals surface area contributed by atoms with E-state index in [0.717, 1.165) is 12.2 Å². The number of nitrogens with one attached hydrogen (secondary N) is 1. The maximum Gasteiger partial charge on any atom is 0.126 e. The van der Waals surface area contributed by atoms with Gasteiger partial charge in [-0.3, -0.25) is 4.68 Å². The molecule has 1 aromatic rings. The van der Waals surface area contributed by atoms with E-state index in [1.54, 1.807) is 4.68 Å². The van der Waals surface area contributed by atoms with Crippen molar-refractivity contribution in [1.82, 2.24) is 15.1 Å². The maximum atomic E-state index is 5.97. The second kappa shape index (κ2) is 2.26. The van der Waals surface area contributed by atoms with Gasteiger partial charge >= 0.3 is 0 Å². The van der Waals surface area contributed by atoms with Crippen molar-refractivity contribution in [2.45, 2.75) is 31.3 Å². The number of rotatable bonds is 0. The van der Waals surface area contributed by atoms with Crippen molar-refractivity contribution in [2.24, 2.45) is 7.05 Å². The van der Waals surface area contributed by atoms with Crippen LogP contribution < -0.4 is 11.1 Å². The molecule has 2 atom stereocenters. The monoisotopic (exact) mass is 178 g/mol. The van der Waals surface area contributed by atoms with E-state index in [4.69, 9.17) is 5.73 Å². The van der Waals surface area contributed by atoms with E-state index in [1.165, 1.54) is 24.1 Å². The van der Waals surface area contributed by atoms with Crippen molar-refractivity contribution in [2.75, 3.05) is 5.73 Å². The van der Waals surface area contributed by atoms with Gasteiger partial charge in [0.1, 0.15) is 5.82 Å². The minimum absolute atomic E-state index is 0.474. The van der Waals surface area contributed by atoms with Gasteiger partial charge in [-0.25, -0.2) is 0 Å². The highest BCUT2D eigenvalue weighted by atomic mass is 15.3. The van der Waals surface area contributed by atoms with Crippen LogP contribution in [0, 0.1) is 0 Å². The fourth-order valence-corrected chi connectivity index (χ4v) is 2.58. The van der Waals surface area contributed by atoms with Gasteiger partial charge in [-0.15, -0.1) is 0 Å². The van der Waals surface area contributed by atoms with Gasteiger partial charge in [-0.05, 0) is 12.8 Å². The summed E-state index contributed by atoms with van der Waals surface area (Å²) in [6, 6.07) is 1.12. The molecule has 0 aromatic carbocycles. The lowest BCUT2D eigenvalue weighted by Crippen LogP contribution is -2.31. The van der Waals surface area contributed by atoms with Crippen LogP contribution in [0.15, 0.2) is 0 Å². The van der Waals surface area contributed by atoms with Gasteiger partial charge in [-0.1, -0.05) is 0 Å². The maximum absolute atomic E-state index is 5.97. The first-order valence-electron chi connectivity index (χ1n) is 4.83. The summed E-state index contributed by atoms with van der Waals surface area (Å²) in [5, 5.41) is 8.01. The zero-order valence-electron chi connectivity index (χ0n) is 7.75. The Labute approximate surface area is 77.1 Å². The quantitative estimate of drug-likeness (QED) is 0.602. The van der Waals surface area contributed by atoms with Gasteiger partial charge in [0.2, 0.25) is 0 Å². The molecular weight excluding hydrogens is 164 g/mol. The zero-order valence-corrected chi connectivity index (χ0v) is 7.75. The first-order chi connectivity index (χ1) is 6.25. The number of hydrogen-bond acceptors (Lipinski definition) is 3. The number of aromatic nitrogens is 2. The van der Waals surface area contributed by atoms with Gasteiger partial charge in [0.15, 0.2) is 0 Å². The van der Waals surface area contributed by atoms with Crippen LogP contribution in [0.1, 0.15) is 30.1 Å². The molecule has 1 fully saturated rings. The molecule has 1 saturated heterocycles. The summed E-state index contributed by atoms with van der Waals surface area (Å²) in [5.74, 6) is 0.841. The predicted molar refractivity (Wildman–Crippen MR) is 50.2 cm³/mol. The second-order valence-corrected chi connectivity index (χ2v) is 4.07. The molecule has 4 heteroatoms. The zero-order chi connectivity index (χ0) is 9.00. The number of hydrogen-bond donors (Lipinski definition) is 2. The van der Waals surface area contributed by atoms with E-state index in [2.05, 4.69) is 10.4 Å². The van der Waals surface area contributed by atoms with E-state index < -0.39 is 0 Å². The van der Waals surface area contributed by atoms with Gasteiger partial charge < -0.3 is 11.1 Å². The third kappa shape index (κ3) is 0.864. The lowest BCUT2D eigenvalue weighted by molar-refractivity contribution is 0.510.